The molecule has 0 saturated carbocycles. The summed E-state index contributed by atoms with van der Waals surface area (Å²) in [6.45, 7) is 10.5. The van der Waals surface area contributed by atoms with Gasteiger partial charge < -0.3 is 10.2 Å². The molecule has 1 aliphatic heterocycles. The van der Waals surface area contributed by atoms with Crippen LogP contribution in [0, 0.1) is 20.8 Å². The molecular formula is C17H24N6O. The van der Waals surface area contributed by atoms with Crippen molar-refractivity contribution in [1.29, 1.82) is 0 Å². The number of carbonyl (C=O) groups is 1. The molecule has 2 aromatic rings. The molecule has 0 radical (unpaired) electrons. The summed E-state index contributed by atoms with van der Waals surface area (Å²) in [6.07, 6.45) is 2.29. The monoisotopic (exact) mass is 328 g/mol. The Morgan fingerprint density at radius 1 is 1.21 bits per heavy atom. The Morgan fingerprint density at radius 2 is 1.92 bits per heavy atom. The highest BCUT2D eigenvalue weighted by molar-refractivity contribution is 6.03. The van der Waals surface area contributed by atoms with Crippen LogP contribution in [0.1, 0.15) is 47.3 Å². The van der Waals surface area contributed by atoms with Crippen LogP contribution in [0.4, 0.5) is 11.6 Å². The van der Waals surface area contributed by atoms with E-state index in [2.05, 4.69) is 25.3 Å². The molecule has 2 aromatic heterocycles. The van der Waals surface area contributed by atoms with E-state index in [4.69, 9.17) is 0 Å². The molecule has 1 amide bonds. The van der Waals surface area contributed by atoms with Crippen LogP contribution in [0.25, 0.3) is 0 Å². The maximum Gasteiger partial charge on any atom is 0.274 e. The normalized spacial score (nSPS) is 14.2. The minimum absolute atomic E-state index is 0.220. The first-order valence-electron chi connectivity index (χ1n) is 8.45. The van der Waals surface area contributed by atoms with Gasteiger partial charge in [-0.3, -0.25) is 9.48 Å². The fourth-order valence-corrected chi connectivity index (χ4v) is 3.09. The summed E-state index contributed by atoms with van der Waals surface area (Å²) in [5.74, 6) is 0.429. The molecule has 0 unspecified atom stereocenters. The Labute approximate surface area is 142 Å². The van der Waals surface area contributed by atoms with E-state index in [-0.39, 0.29) is 5.91 Å². The van der Waals surface area contributed by atoms with Crippen LogP contribution < -0.4 is 10.2 Å². The molecule has 0 bridgehead atoms. The van der Waals surface area contributed by atoms with Crippen LogP contribution in [-0.4, -0.2) is 38.7 Å². The Bertz CT molecular complexity index is 761. The maximum absolute atomic E-state index is 12.7. The number of anilines is 2. The predicted molar refractivity (Wildman–Crippen MR) is 93.5 cm³/mol. The molecule has 1 N–H and O–H groups in total. The van der Waals surface area contributed by atoms with Crippen molar-refractivity contribution >= 4 is 17.5 Å². The number of hydrogen-bond donors (Lipinski definition) is 1. The Kier molecular flexibility index (Phi) is 4.51. The second-order valence-corrected chi connectivity index (χ2v) is 6.20. The van der Waals surface area contributed by atoms with Gasteiger partial charge in [0.2, 0.25) is 5.95 Å². The molecule has 0 spiro atoms. The molecule has 3 heterocycles. The quantitative estimate of drug-likeness (QED) is 0.933. The molecule has 1 saturated heterocycles. The van der Waals surface area contributed by atoms with Gasteiger partial charge in [-0.2, -0.15) is 5.10 Å². The second-order valence-electron chi connectivity index (χ2n) is 6.20. The predicted octanol–water partition coefficient (Wildman–Crippen LogP) is 2.47. The van der Waals surface area contributed by atoms with Crippen molar-refractivity contribution < 1.29 is 4.79 Å². The van der Waals surface area contributed by atoms with Crippen LogP contribution >= 0.6 is 0 Å². The lowest BCUT2D eigenvalue weighted by atomic mass is 10.2. The van der Waals surface area contributed by atoms with E-state index in [9.17, 15) is 4.79 Å². The highest BCUT2D eigenvalue weighted by atomic mass is 16.1. The highest BCUT2D eigenvalue weighted by Crippen LogP contribution is 2.21. The van der Waals surface area contributed by atoms with Crippen molar-refractivity contribution in [3.05, 3.63) is 28.8 Å². The Balaban J connectivity index is 1.86. The number of amides is 1. The third kappa shape index (κ3) is 3.11. The third-order valence-corrected chi connectivity index (χ3v) is 4.38. The Hall–Kier alpha value is -2.44. The SMILES string of the molecule is CCn1nc(C)c(NC(=O)c2cc(C)nc(N3CCCC3)n2)c1C. The smallest absolute Gasteiger partial charge is 0.274 e. The van der Waals surface area contributed by atoms with Crippen molar-refractivity contribution in [3.8, 4) is 0 Å². The van der Waals surface area contributed by atoms with Crippen molar-refractivity contribution in [2.24, 2.45) is 0 Å². The molecule has 7 heteroatoms. The number of rotatable bonds is 4. The maximum atomic E-state index is 12.7. The number of aromatic nitrogens is 4. The molecule has 3 rings (SSSR count). The van der Waals surface area contributed by atoms with Gasteiger partial charge >= 0.3 is 0 Å². The van der Waals surface area contributed by atoms with Crippen LogP contribution in [0.2, 0.25) is 0 Å². The van der Waals surface area contributed by atoms with Gasteiger partial charge in [0.05, 0.1) is 17.1 Å². The molecule has 0 aliphatic carbocycles. The zero-order chi connectivity index (χ0) is 17.3. The molecule has 0 aromatic carbocycles. The standard InChI is InChI=1S/C17H24N6O/c1-5-23-13(4)15(12(3)21-23)20-16(24)14-10-11(2)18-17(19-14)22-8-6-7-9-22/h10H,5-9H2,1-4H3,(H,20,24). The zero-order valence-electron chi connectivity index (χ0n) is 14.8. The first-order valence-corrected chi connectivity index (χ1v) is 8.45. The van der Waals surface area contributed by atoms with E-state index < -0.39 is 0 Å². The average molecular weight is 328 g/mol. The van der Waals surface area contributed by atoms with Gasteiger partial charge in [-0.25, -0.2) is 9.97 Å². The van der Waals surface area contributed by atoms with Gasteiger partial charge in [-0.15, -0.1) is 0 Å². The molecule has 24 heavy (non-hydrogen) atoms. The minimum atomic E-state index is -0.220. The van der Waals surface area contributed by atoms with Gasteiger partial charge in [-0.1, -0.05) is 0 Å². The first-order chi connectivity index (χ1) is 11.5. The topological polar surface area (TPSA) is 75.9 Å². The number of nitrogens with one attached hydrogen (secondary N) is 1. The summed E-state index contributed by atoms with van der Waals surface area (Å²) >= 11 is 0. The highest BCUT2D eigenvalue weighted by Gasteiger charge is 2.20. The summed E-state index contributed by atoms with van der Waals surface area (Å²) < 4.78 is 1.88. The lowest BCUT2D eigenvalue weighted by Gasteiger charge is -2.16. The third-order valence-electron chi connectivity index (χ3n) is 4.38. The fraction of sp³-hybridized carbons (Fsp3) is 0.529. The number of aryl methyl sites for hydroxylation is 3. The average Bonchev–Trinajstić information content (AvgIpc) is 3.18. The largest absolute Gasteiger partial charge is 0.341 e. The van der Waals surface area contributed by atoms with Crippen LogP contribution in [0.3, 0.4) is 0 Å². The van der Waals surface area contributed by atoms with Crippen LogP contribution in [0.15, 0.2) is 6.07 Å². The summed E-state index contributed by atoms with van der Waals surface area (Å²) in [4.78, 5) is 23.8. The van der Waals surface area contributed by atoms with Gasteiger partial charge in [0.15, 0.2) is 0 Å². The molecule has 128 valence electrons. The van der Waals surface area contributed by atoms with E-state index in [0.29, 0.717) is 11.6 Å². The van der Waals surface area contributed by atoms with E-state index >= 15 is 0 Å². The molecule has 0 atom stereocenters. The van der Waals surface area contributed by atoms with E-state index in [1.54, 1.807) is 6.07 Å². The lowest BCUT2D eigenvalue weighted by Crippen LogP contribution is -2.23. The van der Waals surface area contributed by atoms with Crippen molar-refractivity contribution in [1.82, 2.24) is 19.7 Å². The fourth-order valence-electron chi connectivity index (χ4n) is 3.09. The Morgan fingerprint density at radius 3 is 2.54 bits per heavy atom. The van der Waals surface area contributed by atoms with Crippen LogP contribution in [0.5, 0.6) is 0 Å². The summed E-state index contributed by atoms with van der Waals surface area (Å²) in [6, 6.07) is 1.73. The zero-order valence-corrected chi connectivity index (χ0v) is 14.8. The van der Waals surface area contributed by atoms with Gasteiger partial charge in [0.1, 0.15) is 5.69 Å². The summed E-state index contributed by atoms with van der Waals surface area (Å²) in [5.41, 5.74) is 3.73. The van der Waals surface area contributed by atoms with Gasteiger partial charge in [-0.05, 0) is 46.6 Å². The van der Waals surface area contributed by atoms with E-state index in [1.807, 2.05) is 32.4 Å². The van der Waals surface area contributed by atoms with Crippen LogP contribution in [-0.2, 0) is 6.54 Å². The number of carbonyl (C=O) groups excluding carboxylic acids is 1. The minimum Gasteiger partial charge on any atom is -0.341 e. The molecule has 7 nitrogen and oxygen atoms in total. The van der Waals surface area contributed by atoms with Gasteiger partial charge in [0.25, 0.3) is 5.91 Å². The number of hydrogen-bond acceptors (Lipinski definition) is 5. The molecule has 1 fully saturated rings. The first kappa shape index (κ1) is 16.4. The summed E-state index contributed by atoms with van der Waals surface area (Å²) in [5, 5.41) is 7.40. The van der Waals surface area contributed by atoms with E-state index in [0.717, 1.165) is 55.2 Å². The number of nitrogens with zero attached hydrogens (tertiary/aromatic N) is 5. The van der Waals surface area contributed by atoms with E-state index in [1.165, 1.54) is 0 Å². The van der Waals surface area contributed by atoms with Gasteiger partial charge in [0, 0.05) is 25.3 Å². The van der Waals surface area contributed by atoms with Crippen molar-refractivity contribution in [2.75, 3.05) is 23.3 Å². The second kappa shape index (κ2) is 6.59. The summed E-state index contributed by atoms with van der Waals surface area (Å²) in [7, 11) is 0. The van der Waals surface area contributed by atoms with Crippen molar-refractivity contribution in [2.45, 2.75) is 47.1 Å². The molecule has 1 aliphatic rings. The molecular weight excluding hydrogens is 304 g/mol. The van der Waals surface area contributed by atoms with Crippen molar-refractivity contribution in [3.63, 3.8) is 0 Å². The lowest BCUT2D eigenvalue weighted by molar-refractivity contribution is 0.102.